The summed E-state index contributed by atoms with van der Waals surface area (Å²) >= 11 is 7.25. The van der Waals surface area contributed by atoms with Crippen LogP contribution in [-0.2, 0) is 6.42 Å². The van der Waals surface area contributed by atoms with Crippen LogP contribution in [0.3, 0.4) is 0 Å². The van der Waals surface area contributed by atoms with Gasteiger partial charge in [-0.1, -0.05) is 18.5 Å². The Hall–Kier alpha value is -1.13. The SMILES string of the molecule is CCc1nc(-c2ccc(Cl)s2)cc(=O)[nH]1. The molecule has 3 nitrogen and oxygen atoms in total. The topological polar surface area (TPSA) is 45.8 Å². The largest absolute Gasteiger partial charge is 0.311 e. The van der Waals surface area contributed by atoms with Crippen molar-refractivity contribution in [2.75, 3.05) is 0 Å². The van der Waals surface area contributed by atoms with Crippen molar-refractivity contribution < 1.29 is 0 Å². The summed E-state index contributed by atoms with van der Waals surface area (Å²) in [6.07, 6.45) is 0.711. The maximum absolute atomic E-state index is 11.3. The number of nitrogens with zero attached hydrogens (tertiary/aromatic N) is 1. The van der Waals surface area contributed by atoms with E-state index >= 15 is 0 Å². The molecule has 0 aliphatic rings. The van der Waals surface area contributed by atoms with Gasteiger partial charge in [-0.05, 0) is 12.1 Å². The van der Waals surface area contributed by atoms with Gasteiger partial charge in [-0.3, -0.25) is 4.79 Å². The molecule has 0 amide bonds. The summed E-state index contributed by atoms with van der Waals surface area (Å²) < 4.78 is 0.699. The van der Waals surface area contributed by atoms with Crippen LogP contribution >= 0.6 is 22.9 Å². The van der Waals surface area contributed by atoms with Gasteiger partial charge in [0.2, 0.25) is 0 Å². The van der Waals surface area contributed by atoms with Crippen LogP contribution in [0.4, 0.5) is 0 Å². The summed E-state index contributed by atoms with van der Waals surface area (Å²) in [4.78, 5) is 19.3. The van der Waals surface area contributed by atoms with Crippen LogP contribution in [0.2, 0.25) is 4.34 Å². The first-order chi connectivity index (χ1) is 7.19. The molecule has 15 heavy (non-hydrogen) atoms. The summed E-state index contributed by atoms with van der Waals surface area (Å²) in [6.45, 7) is 1.95. The zero-order valence-corrected chi connectivity index (χ0v) is 9.65. The Labute approximate surface area is 95.8 Å². The van der Waals surface area contributed by atoms with Crippen LogP contribution in [-0.4, -0.2) is 9.97 Å². The van der Waals surface area contributed by atoms with Crippen molar-refractivity contribution in [1.82, 2.24) is 9.97 Å². The minimum Gasteiger partial charge on any atom is -0.311 e. The third kappa shape index (κ3) is 2.27. The van der Waals surface area contributed by atoms with Gasteiger partial charge in [0.15, 0.2) is 0 Å². The maximum atomic E-state index is 11.3. The van der Waals surface area contributed by atoms with E-state index in [1.165, 1.54) is 17.4 Å². The number of aromatic amines is 1. The van der Waals surface area contributed by atoms with E-state index in [0.29, 0.717) is 22.3 Å². The lowest BCUT2D eigenvalue weighted by atomic mass is 10.3. The summed E-state index contributed by atoms with van der Waals surface area (Å²) in [5, 5.41) is 0. The molecule has 0 radical (unpaired) electrons. The Kier molecular flexibility index (Phi) is 2.88. The van der Waals surface area contributed by atoms with Crippen molar-refractivity contribution in [3.8, 4) is 10.6 Å². The molecule has 2 aromatic heterocycles. The number of hydrogen-bond acceptors (Lipinski definition) is 3. The van der Waals surface area contributed by atoms with Gasteiger partial charge in [0, 0.05) is 12.5 Å². The molecule has 0 spiro atoms. The normalized spacial score (nSPS) is 10.5. The fourth-order valence-electron chi connectivity index (χ4n) is 1.25. The van der Waals surface area contributed by atoms with E-state index in [9.17, 15) is 4.79 Å². The number of H-pyrrole nitrogens is 1. The molecule has 0 aliphatic heterocycles. The first-order valence-electron chi connectivity index (χ1n) is 4.55. The Morgan fingerprint density at radius 1 is 1.53 bits per heavy atom. The molecule has 0 aliphatic carbocycles. The second-order valence-corrected chi connectivity index (χ2v) is 4.75. The third-order valence-electron chi connectivity index (χ3n) is 1.95. The first kappa shape index (κ1) is 10.4. The minimum atomic E-state index is -0.124. The quantitative estimate of drug-likeness (QED) is 0.877. The number of hydrogen-bond donors (Lipinski definition) is 1. The van der Waals surface area contributed by atoms with Crippen molar-refractivity contribution >= 4 is 22.9 Å². The highest BCUT2D eigenvalue weighted by Gasteiger charge is 2.05. The molecule has 0 unspecified atom stereocenters. The number of nitrogens with one attached hydrogen (secondary N) is 1. The second kappa shape index (κ2) is 4.16. The predicted molar refractivity (Wildman–Crippen MR) is 62.6 cm³/mol. The van der Waals surface area contributed by atoms with E-state index in [4.69, 9.17) is 11.6 Å². The molecule has 5 heteroatoms. The van der Waals surface area contributed by atoms with Gasteiger partial charge < -0.3 is 4.98 Å². The van der Waals surface area contributed by atoms with Crippen LogP contribution in [0.25, 0.3) is 10.6 Å². The molecule has 1 N–H and O–H groups in total. The maximum Gasteiger partial charge on any atom is 0.251 e. The summed E-state index contributed by atoms with van der Waals surface area (Å²) in [6, 6.07) is 5.16. The number of halogens is 1. The van der Waals surface area contributed by atoms with Crippen LogP contribution in [0.15, 0.2) is 23.0 Å². The molecule has 0 aromatic carbocycles. The van der Waals surface area contributed by atoms with Crippen LogP contribution in [0, 0.1) is 0 Å². The molecule has 0 bridgehead atoms. The smallest absolute Gasteiger partial charge is 0.251 e. The highest BCUT2D eigenvalue weighted by molar-refractivity contribution is 7.19. The van der Waals surface area contributed by atoms with Crippen molar-refractivity contribution in [3.63, 3.8) is 0 Å². The summed E-state index contributed by atoms with van der Waals surface area (Å²) in [5.74, 6) is 0.696. The Bertz CT molecular complexity index is 532. The van der Waals surface area contributed by atoms with E-state index in [2.05, 4.69) is 9.97 Å². The van der Waals surface area contributed by atoms with Gasteiger partial charge in [-0.2, -0.15) is 0 Å². The van der Waals surface area contributed by atoms with Crippen LogP contribution in [0.5, 0.6) is 0 Å². The molecule has 2 heterocycles. The first-order valence-corrected chi connectivity index (χ1v) is 5.74. The van der Waals surface area contributed by atoms with Crippen molar-refractivity contribution in [1.29, 1.82) is 0 Å². The van der Waals surface area contributed by atoms with E-state index in [0.717, 1.165) is 4.88 Å². The molecular weight excluding hydrogens is 232 g/mol. The van der Waals surface area contributed by atoms with Gasteiger partial charge in [-0.15, -0.1) is 11.3 Å². The van der Waals surface area contributed by atoms with Gasteiger partial charge in [0.1, 0.15) is 5.82 Å². The highest BCUT2D eigenvalue weighted by atomic mass is 35.5. The van der Waals surface area contributed by atoms with Crippen molar-refractivity contribution in [2.24, 2.45) is 0 Å². The molecule has 2 aromatic rings. The second-order valence-electron chi connectivity index (χ2n) is 3.03. The predicted octanol–water partition coefficient (Wildman–Crippen LogP) is 2.71. The minimum absolute atomic E-state index is 0.124. The van der Waals surface area contributed by atoms with Gasteiger partial charge >= 0.3 is 0 Å². The fourth-order valence-corrected chi connectivity index (χ4v) is 2.26. The molecule has 0 saturated carbocycles. The lowest BCUT2D eigenvalue weighted by Gasteiger charge is -1.99. The number of thiophene rings is 1. The molecular formula is C10H9ClN2OS. The molecule has 0 saturated heterocycles. The van der Waals surface area contributed by atoms with E-state index in [-0.39, 0.29) is 5.56 Å². The lowest BCUT2D eigenvalue weighted by Crippen LogP contribution is -2.10. The average Bonchev–Trinajstić information content (AvgIpc) is 2.64. The monoisotopic (exact) mass is 240 g/mol. The summed E-state index contributed by atoms with van der Waals surface area (Å²) in [5.41, 5.74) is 0.564. The van der Waals surface area contributed by atoms with Gasteiger partial charge in [0.05, 0.1) is 14.9 Å². The lowest BCUT2D eigenvalue weighted by molar-refractivity contribution is 0.925. The molecule has 0 atom stereocenters. The zero-order valence-electron chi connectivity index (χ0n) is 8.08. The Balaban J connectivity index is 2.53. The van der Waals surface area contributed by atoms with E-state index < -0.39 is 0 Å². The molecule has 2 rings (SSSR count). The molecule has 0 fully saturated rings. The third-order valence-corrected chi connectivity index (χ3v) is 3.20. The zero-order chi connectivity index (χ0) is 10.8. The number of rotatable bonds is 2. The van der Waals surface area contributed by atoms with Crippen molar-refractivity contribution in [3.05, 3.63) is 38.7 Å². The molecule has 78 valence electrons. The van der Waals surface area contributed by atoms with E-state index in [1.807, 2.05) is 13.0 Å². The van der Waals surface area contributed by atoms with Crippen molar-refractivity contribution in [2.45, 2.75) is 13.3 Å². The van der Waals surface area contributed by atoms with Crippen LogP contribution < -0.4 is 5.56 Å². The average molecular weight is 241 g/mol. The number of aryl methyl sites for hydroxylation is 1. The van der Waals surface area contributed by atoms with E-state index in [1.54, 1.807) is 6.07 Å². The van der Waals surface area contributed by atoms with Gasteiger partial charge in [0.25, 0.3) is 5.56 Å². The van der Waals surface area contributed by atoms with Crippen LogP contribution in [0.1, 0.15) is 12.7 Å². The highest BCUT2D eigenvalue weighted by Crippen LogP contribution is 2.28. The Morgan fingerprint density at radius 3 is 2.93 bits per heavy atom. The Morgan fingerprint density at radius 2 is 2.33 bits per heavy atom. The number of aromatic nitrogens is 2. The van der Waals surface area contributed by atoms with Gasteiger partial charge in [-0.25, -0.2) is 4.98 Å². The fraction of sp³-hybridized carbons (Fsp3) is 0.200. The standard InChI is InChI=1S/C10H9ClN2OS/c1-2-9-12-6(5-10(14)13-9)7-3-4-8(11)15-7/h3-5H,2H2,1H3,(H,12,13,14). The summed E-state index contributed by atoms with van der Waals surface area (Å²) in [7, 11) is 0.